The second kappa shape index (κ2) is 4.30. The molecule has 1 aliphatic heterocycles. The van der Waals surface area contributed by atoms with E-state index in [0.717, 1.165) is 18.8 Å². The smallest absolute Gasteiger partial charge is 0.303 e. The van der Waals surface area contributed by atoms with Crippen LogP contribution in [0.25, 0.3) is 0 Å². The van der Waals surface area contributed by atoms with Crippen LogP contribution in [0.1, 0.15) is 41.9 Å². The molecule has 1 heterocycles. The third-order valence-corrected chi connectivity index (χ3v) is 4.10. The van der Waals surface area contributed by atoms with Crippen LogP contribution in [-0.2, 0) is 11.2 Å². The summed E-state index contributed by atoms with van der Waals surface area (Å²) in [6, 6.07) is 4.09. The van der Waals surface area contributed by atoms with Crippen molar-refractivity contribution in [3.63, 3.8) is 0 Å². The second-order valence-electron chi connectivity index (χ2n) is 5.41. The first-order valence-electron chi connectivity index (χ1n) is 6.64. The summed E-state index contributed by atoms with van der Waals surface area (Å²) in [5, 5.41) is 9.13. The fourth-order valence-corrected chi connectivity index (χ4v) is 3.13. The number of hydrogen-bond acceptors (Lipinski definition) is 2. The molecule has 0 radical (unpaired) electrons. The molecule has 1 atom stereocenters. The van der Waals surface area contributed by atoms with Crippen LogP contribution in [0, 0.1) is 12.8 Å². The van der Waals surface area contributed by atoms with Gasteiger partial charge in [0, 0.05) is 12.0 Å². The number of fused-ring (bicyclic) bond motifs is 1. The lowest BCUT2D eigenvalue weighted by molar-refractivity contribution is -0.137. The van der Waals surface area contributed by atoms with Gasteiger partial charge in [0.15, 0.2) is 0 Å². The van der Waals surface area contributed by atoms with Gasteiger partial charge in [-0.05, 0) is 48.8 Å². The Hall–Kier alpha value is -1.51. The molecule has 0 amide bonds. The highest BCUT2D eigenvalue weighted by Gasteiger charge is 2.36. The molecule has 96 valence electrons. The van der Waals surface area contributed by atoms with Crippen LogP contribution in [0.2, 0.25) is 0 Å². The maximum Gasteiger partial charge on any atom is 0.303 e. The van der Waals surface area contributed by atoms with E-state index >= 15 is 0 Å². The van der Waals surface area contributed by atoms with Crippen molar-refractivity contribution in [2.45, 2.75) is 38.5 Å². The van der Waals surface area contributed by atoms with Gasteiger partial charge in [0.1, 0.15) is 5.75 Å². The van der Waals surface area contributed by atoms with Crippen LogP contribution in [0.4, 0.5) is 0 Å². The van der Waals surface area contributed by atoms with Gasteiger partial charge in [0.25, 0.3) is 0 Å². The Balaban J connectivity index is 2.03. The fourth-order valence-electron chi connectivity index (χ4n) is 3.13. The predicted octanol–water partition coefficient (Wildman–Crippen LogP) is 2.90. The van der Waals surface area contributed by atoms with E-state index in [0.29, 0.717) is 5.92 Å². The van der Waals surface area contributed by atoms with Crippen LogP contribution in [0.3, 0.4) is 0 Å². The molecule has 1 saturated carbocycles. The molecule has 3 rings (SSSR count). The highest BCUT2D eigenvalue weighted by Crippen LogP contribution is 2.48. The third kappa shape index (κ3) is 1.98. The lowest BCUT2D eigenvalue weighted by Crippen LogP contribution is -2.11. The highest BCUT2D eigenvalue weighted by atomic mass is 16.5. The summed E-state index contributed by atoms with van der Waals surface area (Å²) in [4.78, 5) is 11.1. The van der Waals surface area contributed by atoms with Crippen molar-refractivity contribution in [3.05, 3.63) is 28.8 Å². The Labute approximate surface area is 107 Å². The Morgan fingerprint density at radius 2 is 2.28 bits per heavy atom. The largest absolute Gasteiger partial charge is 0.493 e. The van der Waals surface area contributed by atoms with Gasteiger partial charge in [-0.2, -0.15) is 0 Å². The number of rotatable bonds is 4. The van der Waals surface area contributed by atoms with E-state index in [-0.39, 0.29) is 12.3 Å². The average molecular weight is 246 g/mol. The van der Waals surface area contributed by atoms with Crippen molar-refractivity contribution < 1.29 is 14.6 Å². The Kier molecular flexibility index (Phi) is 2.77. The summed E-state index contributed by atoms with van der Waals surface area (Å²) in [5.74, 6) is 1.01. The minimum Gasteiger partial charge on any atom is -0.493 e. The number of carbonyl (C=O) groups is 1. The summed E-state index contributed by atoms with van der Waals surface area (Å²) in [6.45, 7) is 2.82. The van der Waals surface area contributed by atoms with Crippen molar-refractivity contribution in [2.24, 2.45) is 5.92 Å². The summed E-state index contributed by atoms with van der Waals surface area (Å²) >= 11 is 0. The first-order valence-corrected chi connectivity index (χ1v) is 6.64. The van der Waals surface area contributed by atoms with Gasteiger partial charge in [-0.15, -0.1) is 0 Å². The molecule has 1 aromatic rings. The minimum absolute atomic E-state index is 0.180. The normalized spacial score (nSPS) is 19.2. The molecule has 0 spiro atoms. The van der Waals surface area contributed by atoms with Crippen molar-refractivity contribution >= 4 is 5.97 Å². The Bertz CT molecular complexity index is 489. The van der Waals surface area contributed by atoms with Crippen molar-refractivity contribution in [2.75, 3.05) is 6.61 Å². The quantitative estimate of drug-likeness (QED) is 0.888. The maximum atomic E-state index is 11.1. The second-order valence-corrected chi connectivity index (χ2v) is 5.41. The summed E-state index contributed by atoms with van der Waals surface area (Å²) in [7, 11) is 0. The molecular weight excluding hydrogens is 228 g/mol. The number of aliphatic carboxylic acids is 1. The molecule has 1 N–H and O–H groups in total. The van der Waals surface area contributed by atoms with Crippen molar-refractivity contribution in [1.82, 2.24) is 0 Å². The third-order valence-electron chi connectivity index (χ3n) is 4.10. The maximum absolute atomic E-state index is 11.1. The van der Waals surface area contributed by atoms with Crippen LogP contribution in [0.5, 0.6) is 5.75 Å². The van der Waals surface area contributed by atoms with Gasteiger partial charge in [-0.1, -0.05) is 6.07 Å². The SMILES string of the molecule is Cc1ccc2c(c1C(CC(=O)O)C1CC1)CCO2. The molecule has 1 aromatic carbocycles. The number of carboxylic acid groups (broad SMARTS) is 1. The minimum atomic E-state index is -0.692. The molecule has 1 aliphatic carbocycles. The monoisotopic (exact) mass is 246 g/mol. The van der Waals surface area contributed by atoms with Crippen molar-refractivity contribution in [1.29, 1.82) is 0 Å². The topological polar surface area (TPSA) is 46.5 Å². The molecule has 3 nitrogen and oxygen atoms in total. The molecular formula is C15H18O3. The average Bonchev–Trinajstić information content (AvgIpc) is 3.05. The predicted molar refractivity (Wildman–Crippen MR) is 68.1 cm³/mol. The van der Waals surface area contributed by atoms with Gasteiger partial charge in [-0.3, -0.25) is 4.79 Å². The zero-order valence-electron chi connectivity index (χ0n) is 10.6. The van der Waals surface area contributed by atoms with E-state index < -0.39 is 5.97 Å². The summed E-state index contributed by atoms with van der Waals surface area (Å²) in [5.41, 5.74) is 3.74. The van der Waals surface area contributed by atoms with E-state index in [2.05, 4.69) is 13.0 Å². The zero-order valence-corrected chi connectivity index (χ0v) is 10.6. The summed E-state index contributed by atoms with van der Waals surface area (Å²) in [6.07, 6.45) is 3.51. The Morgan fingerprint density at radius 1 is 1.50 bits per heavy atom. The lowest BCUT2D eigenvalue weighted by atomic mass is 9.84. The first kappa shape index (κ1) is 11.6. The molecule has 1 fully saturated rings. The molecule has 3 heteroatoms. The Morgan fingerprint density at radius 3 is 2.94 bits per heavy atom. The van der Waals surface area contributed by atoms with Gasteiger partial charge in [0.05, 0.1) is 13.0 Å². The van der Waals surface area contributed by atoms with Crippen molar-refractivity contribution in [3.8, 4) is 5.75 Å². The molecule has 2 aliphatic rings. The lowest BCUT2D eigenvalue weighted by Gasteiger charge is -2.20. The molecule has 0 bridgehead atoms. The number of aryl methyl sites for hydroxylation is 1. The van der Waals surface area contributed by atoms with Crippen LogP contribution in [-0.4, -0.2) is 17.7 Å². The molecule has 18 heavy (non-hydrogen) atoms. The fraction of sp³-hybridized carbons (Fsp3) is 0.533. The van der Waals surface area contributed by atoms with E-state index in [9.17, 15) is 4.79 Å². The molecule has 0 aromatic heterocycles. The molecule has 0 saturated heterocycles. The zero-order chi connectivity index (χ0) is 12.7. The van der Waals surface area contributed by atoms with Crippen LogP contribution >= 0.6 is 0 Å². The van der Waals surface area contributed by atoms with E-state index in [1.807, 2.05) is 6.07 Å². The van der Waals surface area contributed by atoms with Gasteiger partial charge in [-0.25, -0.2) is 0 Å². The molecule has 1 unspecified atom stereocenters. The van der Waals surface area contributed by atoms with E-state index in [4.69, 9.17) is 9.84 Å². The van der Waals surface area contributed by atoms with Crippen LogP contribution in [0.15, 0.2) is 12.1 Å². The standard InChI is InChI=1S/C15H18O3/c1-9-2-5-13-11(6-7-18-13)15(9)12(8-14(16)17)10-3-4-10/h2,5,10,12H,3-4,6-8H2,1H3,(H,16,17). The van der Waals surface area contributed by atoms with Crippen LogP contribution < -0.4 is 4.74 Å². The van der Waals surface area contributed by atoms with Gasteiger partial charge in [0.2, 0.25) is 0 Å². The number of benzene rings is 1. The highest BCUT2D eigenvalue weighted by molar-refractivity contribution is 5.69. The number of carboxylic acids is 1. The van der Waals surface area contributed by atoms with E-state index in [1.165, 1.54) is 29.5 Å². The van der Waals surface area contributed by atoms with Gasteiger partial charge >= 0.3 is 5.97 Å². The first-order chi connectivity index (χ1) is 8.66. The summed E-state index contributed by atoms with van der Waals surface area (Å²) < 4.78 is 5.60. The van der Waals surface area contributed by atoms with Gasteiger partial charge < -0.3 is 9.84 Å². The van der Waals surface area contributed by atoms with E-state index in [1.54, 1.807) is 0 Å². The number of ether oxygens (including phenoxy) is 1. The number of hydrogen-bond donors (Lipinski definition) is 1.